The zero-order chi connectivity index (χ0) is 21.0. The zero-order valence-corrected chi connectivity index (χ0v) is 17.8. The smallest absolute Gasteiger partial charge is 0.303 e. The van der Waals surface area contributed by atoms with E-state index in [-0.39, 0.29) is 18.2 Å². The van der Waals surface area contributed by atoms with Crippen molar-refractivity contribution in [3.8, 4) is 5.75 Å². The van der Waals surface area contributed by atoms with Crippen molar-refractivity contribution in [3.63, 3.8) is 0 Å². The van der Waals surface area contributed by atoms with E-state index >= 15 is 0 Å². The van der Waals surface area contributed by atoms with Crippen LogP contribution in [0.4, 0.5) is 0 Å². The van der Waals surface area contributed by atoms with Gasteiger partial charge in [-0.15, -0.1) is 0 Å². The third kappa shape index (κ3) is 5.08. The Kier molecular flexibility index (Phi) is 7.14. The van der Waals surface area contributed by atoms with Crippen molar-refractivity contribution in [2.24, 2.45) is 5.92 Å². The second-order valence-corrected chi connectivity index (χ2v) is 8.29. The van der Waals surface area contributed by atoms with Crippen LogP contribution in [0.5, 0.6) is 5.75 Å². The molecule has 160 valence electrons. The highest BCUT2D eigenvalue weighted by Gasteiger charge is 2.36. The van der Waals surface area contributed by atoms with Crippen molar-refractivity contribution in [2.75, 3.05) is 53.4 Å². The topological polar surface area (TPSA) is 73.3 Å². The van der Waals surface area contributed by atoms with E-state index in [9.17, 15) is 14.7 Å². The van der Waals surface area contributed by atoms with Crippen molar-refractivity contribution in [3.05, 3.63) is 29.3 Å². The molecule has 2 fully saturated rings. The van der Waals surface area contributed by atoms with E-state index < -0.39 is 5.97 Å². The predicted molar refractivity (Wildman–Crippen MR) is 111 cm³/mol. The SMILES string of the molecule is COc1cccc(C)c1C(=O)N1CC[C@@H](N2CCN(C)CC2)[C@@H](CCC(=O)O)C1. The number of carboxylic acids is 1. The fraction of sp³-hybridized carbons (Fsp3) is 0.636. The number of hydrogen-bond acceptors (Lipinski definition) is 5. The van der Waals surface area contributed by atoms with Crippen LogP contribution in [0, 0.1) is 12.8 Å². The highest BCUT2D eigenvalue weighted by atomic mass is 16.5. The molecule has 1 aromatic rings. The van der Waals surface area contributed by atoms with Gasteiger partial charge in [0.2, 0.25) is 0 Å². The lowest BCUT2D eigenvalue weighted by atomic mass is 9.86. The van der Waals surface area contributed by atoms with E-state index in [1.54, 1.807) is 7.11 Å². The van der Waals surface area contributed by atoms with E-state index in [1.807, 2.05) is 30.0 Å². The number of rotatable bonds is 6. The monoisotopic (exact) mass is 403 g/mol. The highest BCUT2D eigenvalue weighted by Crippen LogP contribution is 2.30. The number of methoxy groups -OCH3 is 1. The summed E-state index contributed by atoms with van der Waals surface area (Å²) < 4.78 is 5.43. The van der Waals surface area contributed by atoms with Crippen LogP contribution >= 0.6 is 0 Å². The molecule has 2 heterocycles. The van der Waals surface area contributed by atoms with E-state index in [1.165, 1.54) is 0 Å². The molecule has 2 aliphatic rings. The molecule has 0 aliphatic carbocycles. The summed E-state index contributed by atoms with van der Waals surface area (Å²) in [7, 11) is 3.72. The van der Waals surface area contributed by atoms with E-state index in [2.05, 4.69) is 16.8 Å². The number of carbonyl (C=O) groups is 2. The first-order valence-electron chi connectivity index (χ1n) is 10.5. The van der Waals surface area contributed by atoms with Gasteiger partial charge in [0.05, 0.1) is 12.7 Å². The summed E-state index contributed by atoms with van der Waals surface area (Å²) in [6.45, 7) is 7.29. The maximum absolute atomic E-state index is 13.3. The van der Waals surface area contributed by atoms with Gasteiger partial charge in [0.1, 0.15) is 5.75 Å². The fourth-order valence-electron chi connectivity index (χ4n) is 4.67. The molecule has 2 saturated heterocycles. The molecule has 0 aromatic heterocycles. The Labute approximate surface area is 173 Å². The molecule has 1 aromatic carbocycles. The van der Waals surface area contributed by atoms with Crippen molar-refractivity contribution < 1.29 is 19.4 Å². The summed E-state index contributed by atoms with van der Waals surface area (Å²) in [5, 5.41) is 9.22. The van der Waals surface area contributed by atoms with Gasteiger partial charge in [0.15, 0.2) is 0 Å². The van der Waals surface area contributed by atoms with E-state index in [0.29, 0.717) is 36.9 Å². The van der Waals surface area contributed by atoms with Gasteiger partial charge < -0.3 is 19.6 Å². The Bertz CT molecular complexity index is 731. The molecule has 7 nitrogen and oxygen atoms in total. The highest BCUT2D eigenvalue weighted by molar-refractivity contribution is 5.98. The Morgan fingerprint density at radius 1 is 1.17 bits per heavy atom. The first kappa shape index (κ1) is 21.6. The number of nitrogens with zero attached hydrogens (tertiary/aromatic N) is 3. The van der Waals surface area contributed by atoms with Crippen LogP contribution in [-0.2, 0) is 4.79 Å². The van der Waals surface area contributed by atoms with Crippen LogP contribution in [0.3, 0.4) is 0 Å². The summed E-state index contributed by atoms with van der Waals surface area (Å²) in [5.74, 6) is -0.0243. The Morgan fingerprint density at radius 3 is 2.55 bits per heavy atom. The third-order valence-electron chi connectivity index (χ3n) is 6.39. The number of aryl methyl sites for hydroxylation is 1. The average Bonchev–Trinajstić information content (AvgIpc) is 2.72. The molecule has 7 heteroatoms. The molecule has 0 radical (unpaired) electrons. The van der Waals surface area contributed by atoms with Gasteiger partial charge in [0.25, 0.3) is 5.91 Å². The summed E-state index contributed by atoms with van der Waals surface area (Å²) in [6, 6.07) is 5.97. The molecule has 1 amide bonds. The molecule has 0 spiro atoms. The molecule has 0 bridgehead atoms. The number of likely N-dealkylation sites (tertiary alicyclic amines) is 1. The van der Waals surface area contributed by atoms with Crippen LogP contribution in [-0.4, -0.2) is 91.2 Å². The van der Waals surface area contributed by atoms with Gasteiger partial charge in [0, 0.05) is 51.7 Å². The summed E-state index contributed by atoms with van der Waals surface area (Å²) in [4.78, 5) is 31.3. The zero-order valence-electron chi connectivity index (χ0n) is 17.8. The summed E-state index contributed by atoms with van der Waals surface area (Å²) >= 11 is 0. The molecule has 3 rings (SSSR count). The van der Waals surface area contributed by atoms with Gasteiger partial charge in [-0.3, -0.25) is 14.5 Å². The minimum Gasteiger partial charge on any atom is -0.496 e. The van der Waals surface area contributed by atoms with Gasteiger partial charge in [-0.1, -0.05) is 12.1 Å². The molecular weight excluding hydrogens is 370 g/mol. The second kappa shape index (κ2) is 9.59. The number of aliphatic carboxylic acids is 1. The number of amides is 1. The van der Waals surface area contributed by atoms with Crippen molar-refractivity contribution in [1.82, 2.24) is 14.7 Å². The first-order valence-corrected chi connectivity index (χ1v) is 10.5. The van der Waals surface area contributed by atoms with Crippen LogP contribution in [0.25, 0.3) is 0 Å². The van der Waals surface area contributed by atoms with Gasteiger partial charge in [-0.05, 0) is 44.4 Å². The Balaban J connectivity index is 1.76. The lowest BCUT2D eigenvalue weighted by Crippen LogP contribution is -2.57. The fourth-order valence-corrected chi connectivity index (χ4v) is 4.67. The number of likely N-dealkylation sites (N-methyl/N-ethyl adjacent to an activating group) is 1. The molecule has 0 saturated carbocycles. The summed E-state index contributed by atoms with van der Waals surface area (Å²) in [6.07, 6.45) is 1.62. The second-order valence-electron chi connectivity index (χ2n) is 8.29. The molecular formula is C22H33N3O4. The van der Waals surface area contributed by atoms with Crippen molar-refractivity contribution >= 4 is 11.9 Å². The van der Waals surface area contributed by atoms with E-state index in [4.69, 9.17) is 4.74 Å². The lowest BCUT2D eigenvalue weighted by Gasteiger charge is -2.46. The van der Waals surface area contributed by atoms with Crippen molar-refractivity contribution in [1.29, 1.82) is 0 Å². The number of benzene rings is 1. The third-order valence-corrected chi connectivity index (χ3v) is 6.39. The largest absolute Gasteiger partial charge is 0.496 e. The standard InChI is InChI=1S/C22H33N3O4/c1-16-5-4-6-19(29-3)21(16)22(28)25-10-9-18(17(15-25)7-8-20(26)27)24-13-11-23(2)12-14-24/h4-6,17-18H,7-15H2,1-3H3,(H,26,27)/t17-,18+/m0/s1. The number of hydrogen-bond donors (Lipinski definition) is 1. The minimum absolute atomic E-state index is 0.0166. The van der Waals surface area contributed by atoms with Gasteiger partial charge in [-0.25, -0.2) is 0 Å². The first-order chi connectivity index (χ1) is 13.9. The lowest BCUT2D eigenvalue weighted by molar-refractivity contribution is -0.137. The number of piperazine rings is 1. The molecule has 1 N–H and O–H groups in total. The van der Waals surface area contributed by atoms with Gasteiger partial charge >= 0.3 is 5.97 Å². The minimum atomic E-state index is -0.772. The molecule has 2 aliphatic heterocycles. The van der Waals surface area contributed by atoms with E-state index in [0.717, 1.165) is 38.2 Å². The number of ether oxygens (including phenoxy) is 1. The molecule has 0 unspecified atom stereocenters. The number of piperidine rings is 1. The quantitative estimate of drug-likeness (QED) is 0.783. The van der Waals surface area contributed by atoms with Crippen LogP contribution in [0.2, 0.25) is 0 Å². The Hall–Kier alpha value is -2.12. The Morgan fingerprint density at radius 2 is 1.90 bits per heavy atom. The maximum Gasteiger partial charge on any atom is 0.303 e. The van der Waals surface area contributed by atoms with Gasteiger partial charge in [-0.2, -0.15) is 0 Å². The normalized spacial score (nSPS) is 23.8. The molecule has 2 atom stereocenters. The van der Waals surface area contributed by atoms with Crippen LogP contribution in [0.1, 0.15) is 35.2 Å². The number of carboxylic acid groups (broad SMARTS) is 1. The average molecular weight is 404 g/mol. The molecule has 29 heavy (non-hydrogen) atoms. The number of carbonyl (C=O) groups excluding carboxylic acids is 1. The maximum atomic E-state index is 13.3. The van der Waals surface area contributed by atoms with Crippen LogP contribution in [0.15, 0.2) is 18.2 Å². The van der Waals surface area contributed by atoms with Crippen molar-refractivity contribution in [2.45, 2.75) is 32.2 Å². The van der Waals surface area contributed by atoms with Crippen LogP contribution < -0.4 is 4.74 Å². The summed E-state index contributed by atoms with van der Waals surface area (Å²) in [5.41, 5.74) is 1.52. The predicted octanol–water partition coefficient (Wildman–Crippen LogP) is 1.95.